The van der Waals surface area contributed by atoms with Crippen LogP contribution in [0.3, 0.4) is 0 Å². The lowest BCUT2D eigenvalue weighted by Crippen LogP contribution is -2.53. The van der Waals surface area contributed by atoms with Gasteiger partial charge in [-0.2, -0.15) is 0 Å². The molecule has 33 heavy (non-hydrogen) atoms. The van der Waals surface area contributed by atoms with Gasteiger partial charge >= 0.3 is 0 Å². The molecule has 1 saturated heterocycles. The summed E-state index contributed by atoms with van der Waals surface area (Å²) in [5.74, 6) is 1.77. The van der Waals surface area contributed by atoms with E-state index in [-0.39, 0.29) is 42.2 Å². The average molecular weight is 571 g/mol. The summed E-state index contributed by atoms with van der Waals surface area (Å²) in [6.07, 6.45) is 0. The number of halogens is 2. The number of guanidine groups is 1. The number of rotatable bonds is 7. The lowest BCUT2D eigenvalue weighted by atomic mass is 10.1. The number of carbonyl (C=O) groups excluding carboxylic acids is 1. The highest BCUT2D eigenvalue weighted by molar-refractivity contribution is 14.0. The summed E-state index contributed by atoms with van der Waals surface area (Å²) in [6, 6.07) is 11.5. The molecule has 1 heterocycles. The number of anilines is 1. The molecule has 0 unspecified atom stereocenters. The number of piperazine rings is 1. The molecule has 1 aliphatic heterocycles. The van der Waals surface area contributed by atoms with Crippen LogP contribution in [0.15, 0.2) is 47.5 Å². The summed E-state index contributed by atoms with van der Waals surface area (Å²) in [6.45, 7) is 4.11. The molecule has 180 valence electrons. The van der Waals surface area contributed by atoms with Crippen LogP contribution in [0.5, 0.6) is 11.5 Å². The first kappa shape index (κ1) is 26.7. The topological polar surface area (TPSA) is 78.4 Å². The van der Waals surface area contributed by atoms with Gasteiger partial charge in [-0.1, -0.05) is 0 Å². The number of hydrogen-bond acceptors (Lipinski definition) is 5. The van der Waals surface area contributed by atoms with Gasteiger partial charge in [0.2, 0.25) is 5.91 Å². The number of ether oxygens (including phenoxy) is 2. The number of nitrogens with zero attached hydrogens (tertiary/aromatic N) is 3. The Labute approximate surface area is 211 Å². The first-order valence-corrected chi connectivity index (χ1v) is 10.5. The number of nitrogens with one attached hydrogen (secondary N) is 2. The number of aliphatic imine (C=N–C) groups is 1. The zero-order chi connectivity index (χ0) is 22.9. The van der Waals surface area contributed by atoms with Gasteiger partial charge in [-0.3, -0.25) is 14.7 Å². The van der Waals surface area contributed by atoms with Crippen LogP contribution in [0.1, 0.15) is 5.56 Å². The second-order valence-electron chi connectivity index (χ2n) is 7.40. The van der Waals surface area contributed by atoms with E-state index in [0.717, 1.165) is 49.8 Å². The summed E-state index contributed by atoms with van der Waals surface area (Å²) in [5, 5.41) is 5.84. The molecule has 8 nitrogen and oxygen atoms in total. The Morgan fingerprint density at radius 1 is 1.06 bits per heavy atom. The van der Waals surface area contributed by atoms with E-state index >= 15 is 0 Å². The third kappa shape index (κ3) is 7.74. The fraction of sp³-hybridized carbons (Fsp3) is 0.391. The van der Waals surface area contributed by atoms with Gasteiger partial charge in [-0.05, 0) is 42.5 Å². The molecular weight excluding hydrogens is 540 g/mol. The number of methoxy groups -OCH3 is 2. The minimum absolute atomic E-state index is 0. The average Bonchev–Trinajstić information content (AvgIpc) is 2.82. The van der Waals surface area contributed by atoms with Crippen molar-refractivity contribution in [1.82, 2.24) is 15.1 Å². The van der Waals surface area contributed by atoms with Gasteiger partial charge in [-0.25, -0.2) is 4.39 Å². The van der Waals surface area contributed by atoms with E-state index < -0.39 is 0 Å². The zero-order valence-corrected chi connectivity index (χ0v) is 21.5. The molecule has 0 aromatic heterocycles. The lowest BCUT2D eigenvalue weighted by molar-refractivity contribution is -0.115. The smallest absolute Gasteiger partial charge is 0.243 e. The van der Waals surface area contributed by atoms with Gasteiger partial charge < -0.3 is 25.0 Å². The Balaban J connectivity index is 0.00000385. The van der Waals surface area contributed by atoms with Gasteiger partial charge in [-0.15, -0.1) is 24.0 Å². The van der Waals surface area contributed by atoms with Gasteiger partial charge in [0, 0.05) is 51.0 Å². The number of carbonyl (C=O) groups is 1. The Hall–Kier alpha value is -2.60. The highest BCUT2D eigenvalue weighted by atomic mass is 127. The van der Waals surface area contributed by atoms with Crippen molar-refractivity contribution in [2.75, 3.05) is 59.3 Å². The van der Waals surface area contributed by atoms with E-state index in [4.69, 9.17) is 9.47 Å². The molecule has 2 aromatic rings. The Kier molecular flexibility index (Phi) is 10.7. The highest BCUT2D eigenvalue weighted by Gasteiger charge is 2.21. The predicted octanol–water partition coefficient (Wildman–Crippen LogP) is 2.79. The van der Waals surface area contributed by atoms with E-state index in [9.17, 15) is 9.18 Å². The molecule has 1 amide bonds. The van der Waals surface area contributed by atoms with E-state index in [1.807, 2.05) is 18.2 Å². The van der Waals surface area contributed by atoms with Crippen LogP contribution in [0.2, 0.25) is 0 Å². The van der Waals surface area contributed by atoms with Crippen LogP contribution in [0, 0.1) is 5.82 Å². The molecule has 3 rings (SSSR count). The summed E-state index contributed by atoms with van der Waals surface area (Å²) in [7, 11) is 5.03. The maximum Gasteiger partial charge on any atom is 0.243 e. The van der Waals surface area contributed by atoms with Gasteiger partial charge in [0.15, 0.2) is 5.96 Å². The van der Waals surface area contributed by atoms with E-state index in [0.29, 0.717) is 11.6 Å². The Bertz CT molecular complexity index is 934. The first-order valence-electron chi connectivity index (χ1n) is 10.5. The molecule has 2 aromatic carbocycles. The molecule has 0 aliphatic carbocycles. The van der Waals surface area contributed by atoms with Crippen molar-refractivity contribution in [2.45, 2.75) is 6.54 Å². The van der Waals surface area contributed by atoms with Crippen molar-refractivity contribution in [3.05, 3.63) is 53.8 Å². The fourth-order valence-corrected chi connectivity index (χ4v) is 3.59. The number of amides is 1. The molecule has 2 N–H and O–H groups in total. The number of hydrogen-bond donors (Lipinski definition) is 2. The van der Waals surface area contributed by atoms with Gasteiger partial charge in [0.05, 0.1) is 20.8 Å². The molecule has 1 aliphatic rings. The quantitative estimate of drug-likeness (QED) is 0.303. The maximum atomic E-state index is 13.0. The van der Waals surface area contributed by atoms with Crippen LogP contribution in [0.25, 0.3) is 0 Å². The highest BCUT2D eigenvalue weighted by Crippen LogP contribution is 2.25. The van der Waals surface area contributed by atoms with Crippen molar-refractivity contribution >= 4 is 41.5 Å². The maximum absolute atomic E-state index is 13.0. The van der Waals surface area contributed by atoms with Crippen LogP contribution in [-0.4, -0.2) is 75.7 Å². The van der Waals surface area contributed by atoms with Crippen LogP contribution >= 0.6 is 24.0 Å². The monoisotopic (exact) mass is 571 g/mol. The van der Waals surface area contributed by atoms with Crippen LogP contribution in [-0.2, 0) is 11.3 Å². The molecule has 0 saturated carbocycles. The van der Waals surface area contributed by atoms with Gasteiger partial charge in [0.25, 0.3) is 0 Å². The number of benzene rings is 2. The first-order chi connectivity index (χ1) is 15.5. The van der Waals surface area contributed by atoms with E-state index in [2.05, 4.69) is 25.4 Å². The van der Waals surface area contributed by atoms with E-state index in [1.165, 1.54) is 24.3 Å². The largest absolute Gasteiger partial charge is 0.497 e. The lowest BCUT2D eigenvalue weighted by Gasteiger charge is -2.36. The summed E-state index contributed by atoms with van der Waals surface area (Å²) < 4.78 is 23.8. The second-order valence-corrected chi connectivity index (χ2v) is 7.40. The SMILES string of the molecule is CN=C(NCC(=O)Nc1ccc(F)cc1)N1CCN(Cc2cc(OC)ccc2OC)CC1.I. The molecule has 0 spiro atoms. The normalized spacial score (nSPS) is 14.3. The molecule has 10 heteroatoms. The second kappa shape index (κ2) is 13.2. The molecule has 0 atom stereocenters. The van der Waals surface area contributed by atoms with Crippen LogP contribution < -0.4 is 20.1 Å². The van der Waals surface area contributed by atoms with Crippen molar-refractivity contribution in [3.63, 3.8) is 0 Å². The van der Waals surface area contributed by atoms with Crippen molar-refractivity contribution in [3.8, 4) is 11.5 Å². The summed E-state index contributed by atoms with van der Waals surface area (Å²) in [5.41, 5.74) is 1.63. The summed E-state index contributed by atoms with van der Waals surface area (Å²) >= 11 is 0. The zero-order valence-electron chi connectivity index (χ0n) is 19.1. The third-order valence-electron chi connectivity index (χ3n) is 5.30. The Morgan fingerprint density at radius 2 is 1.76 bits per heavy atom. The molecule has 0 bridgehead atoms. The van der Waals surface area contributed by atoms with Crippen molar-refractivity contribution < 1.29 is 18.7 Å². The minimum atomic E-state index is -0.342. The summed E-state index contributed by atoms with van der Waals surface area (Å²) in [4.78, 5) is 21.0. The van der Waals surface area contributed by atoms with Crippen molar-refractivity contribution in [1.29, 1.82) is 0 Å². The minimum Gasteiger partial charge on any atom is -0.497 e. The Morgan fingerprint density at radius 3 is 2.36 bits per heavy atom. The van der Waals surface area contributed by atoms with Gasteiger partial charge in [0.1, 0.15) is 17.3 Å². The van der Waals surface area contributed by atoms with Crippen molar-refractivity contribution in [2.24, 2.45) is 4.99 Å². The fourth-order valence-electron chi connectivity index (χ4n) is 3.59. The molecular formula is C23H31FIN5O3. The van der Waals surface area contributed by atoms with E-state index in [1.54, 1.807) is 21.3 Å². The molecule has 1 fully saturated rings. The van der Waals surface area contributed by atoms with Crippen LogP contribution in [0.4, 0.5) is 10.1 Å². The molecule has 0 radical (unpaired) electrons. The predicted molar refractivity (Wildman–Crippen MR) is 138 cm³/mol. The third-order valence-corrected chi connectivity index (χ3v) is 5.30. The standard InChI is InChI=1S/C23H30FN5O3.HI/c1-25-23(26-15-22(30)27-19-6-4-18(24)5-7-19)29-12-10-28(11-13-29)16-17-14-20(31-2)8-9-21(17)32-3;/h4-9,14H,10-13,15-16H2,1-3H3,(H,25,26)(H,27,30);1H.